The van der Waals surface area contributed by atoms with Crippen LogP contribution in [0.1, 0.15) is 12.5 Å². The predicted octanol–water partition coefficient (Wildman–Crippen LogP) is 2.31. The van der Waals surface area contributed by atoms with E-state index in [4.69, 9.17) is 4.74 Å². The van der Waals surface area contributed by atoms with E-state index in [2.05, 4.69) is 0 Å². The lowest BCUT2D eigenvalue weighted by Gasteiger charge is -2.09. The third-order valence-electron chi connectivity index (χ3n) is 2.79. The monoisotopic (exact) mass is 244 g/mol. The van der Waals surface area contributed by atoms with E-state index < -0.39 is 6.29 Å². The summed E-state index contributed by atoms with van der Waals surface area (Å²) in [6, 6.07) is 13.8. The molecule has 18 heavy (non-hydrogen) atoms. The van der Waals surface area contributed by atoms with Crippen molar-refractivity contribution in [3.05, 3.63) is 48.0 Å². The van der Waals surface area contributed by atoms with Crippen LogP contribution in [0, 0.1) is 0 Å². The van der Waals surface area contributed by atoms with Crippen molar-refractivity contribution in [2.75, 3.05) is 6.61 Å². The third kappa shape index (κ3) is 2.94. The van der Waals surface area contributed by atoms with E-state index in [0.717, 1.165) is 16.3 Å². The average Bonchev–Trinajstić information content (AvgIpc) is 2.39. The topological polar surface area (TPSA) is 46.5 Å². The van der Waals surface area contributed by atoms with Gasteiger partial charge in [0.2, 0.25) is 6.29 Å². The maximum Gasteiger partial charge on any atom is 0.215 e. The lowest BCUT2D eigenvalue weighted by Crippen LogP contribution is -2.25. The molecule has 1 unspecified atom stereocenters. The lowest BCUT2D eigenvalue weighted by molar-refractivity contribution is -0.154. The van der Waals surface area contributed by atoms with E-state index >= 15 is 0 Å². The Bertz CT molecular complexity index is 548. The summed E-state index contributed by atoms with van der Waals surface area (Å²) in [5.74, 6) is -0.313. The van der Waals surface area contributed by atoms with Crippen LogP contribution in [-0.4, -0.2) is 23.8 Å². The molecule has 2 aromatic carbocycles. The first-order valence-electron chi connectivity index (χ1n) is 6.00. The summed E-state index contributed by atoms with van der Waals surface area (Å²) in [7, 11) is 0. The third-order valence-corrected chi connectivity index (χ3v) is 2.79. The zero-order valence-corrected chi connectivity index (χ0v) is 10.3. The number of hydrogen-bond donors (Lipinski definition) is 1. The molecular formula is C15H16O3. The molecule has 0 amide bonds. The van der Waals surface area contributed by atoms with Gasteiger partial charge in [0, 0.05) is 13.0 Å². The maximum absolute atomic E-state index is 11.7. The lowest BCUT2D eigenvalue weighted by atomic mass is 10.0. The first-order chi connectivity index (χ1) is 8.70. The molecular weight excluding hydrogens is 228 g/mol. The van der Waals surface area contributed by atoms with Crippen molar-refractivity contribution >= 4 is 16.6 Å². The van der Waals surface area contributed by atoms with Gasteiger partial charge in [-0.25, -0.2) is 0 Å². The Kier molecular flexibility index (Phi) is 4.07. The molecule has 2 aromatic rings. The maximum atomic E-state index is 11.7. The molecule has 0 heterocycles. The largest absolute Gasteiger partial charge is 0.362 e. The van der Waals surface area contributed by atoms with Crippen molar-refractivity contribution in [3.8, 4) is 0 Å². The number of ketones is 1. The van der Waals surface area contributed by atoms with Crippen LogP contribution in [0.4, 0.5) is 0 Å². The molecule has 1 atom stereocenters. The molecule has 0 saturated carbocycles. The first kappa shape index (κ1) is 12.7. The number of hydrogen-bond acceptors (Lipinski definition) is 3. The number of carbonyl (C=O) groups excluding carboxylic acids is 1. The van der Waals surface area contributed by atoms with Gasteiger partial charge < -0.3 is 9.84 Å². The molecule has 1 N–H and O–H groups in total. The van der Waals surface area contributed by atoms with Gasteiger partial charge in [0.15, 0.2) is 5.78 Å². The number of fused-ring (bicyclic) bond motifs is 1. The molecule has 0 bridgehead atoms. The molecule has 0 radical (unpaired) electrons. The molecule has 3 heteroatoms. The minimum absolute atomic E-state index is 0.187. The predicted molar refractivity (Wildman–Crippen MR) is 70.3 cm³/mol. The number of ether oxygens (including phenoxy) is 1. The van der Waals surface area contributed by atoms with Crippen LogP contribution >= 0.6 is 0 Å². The summed E-state index contributed by atoms with van der Waals surface area (Å²) in [6.45, 7) is 2.07. The highest BCUT2D eigenvalue weighted by atomic mass is 16.6. The Hall–Kier alpha value is -1.71. The molecule has 2 rings (SSSR count). The Balaban J connectivity index is 2.14. The fourth-order valence-corrected chi connectivity index (χ4v) is 1.89. The van der Waals surface area contributed by atoms with Gasteiger partial charge in [-0.15, -0.1) is 0 Å². The molecule has 3 nitrogen and oxygen atoms in total. The summed E-state index contributed by atoms with van der Waals surface area (Å²) in [5, 5.41) is 11.6. The number of carbonyl (C=O) groups is 1. The van der Waals surface area contributed by atoms with Crippen LogP contribution in [0.2, 0.25) is 0 Å². The van der Waals surface area contributed by atoms with E-state index in [9.17, 15) is 9.90 Å². The Morgan fingerprint density at radius 1 is 1.22 bits per heavy atom. The van der Waals surface area contributed by atoms with E-state index in [1.807, 2.05) is 42.5 Å². The number of benzene rings is 2. The van der Waals surface area contributed by atoms with Crippen LogP contribution < -0.4 is 0 Å². The van der Waals surface area contributed by atoms with Crippen LogP contribution in [0.5, 0.6) is 0 Å². The van der Waals surface area contributed by atoms with Gasteiger partial charge in [0.05, 0.1) is 0 Å². The summed E-state index contributed by atoms with van der Waals surface area (Å²) >= 11 is 0. The minimum atomic E-state index is -1.32. The molecule has 94 valence electrons. The van der Waals surface area contributed by atoms with Crippen LogP contribution in [-0.2, 0) is 16.0 Å². The van der Waals surface area contributed by atoms with Gasteiger partial charge in [-0.2, -0.15) is 0 Å². The van der Waals surface area contributed by atoms with Crippen molar-refractivity contribution in [2.24, 2.45) is 0 Å². The summed E-state index contributed by atoms with van der Waals surface area (Å²) in [4.78, 5) is 11.7. The normalized spacial score (nSPS) is 12.6. The zero-order valence-electron chi connectivity index (χ0n) is 10.3. The van der Waals surface area contributed by atoms with Crippen molar-refractivity contribution in [1.82, 2.24) is 0 Å². The summed E-state index contributed by atoms with van der Waals surface area (Å²) in [6.07, 6.45) is -1.13. The van der Waals surface area contributed by atoms with Crippen molar-refractivity contribution < 1.29 is 14.6 Å². The fraction of sp³-hybridized carbons (Fsp3) is 0.267. The molecule has 0 aromatic heterocycles. The number of aliphatic hydroxyl groups excluding tert-OH is 1. The van der Waals surface area contributed by atoms with Gasteiger partial charge in [-0.3, -0.25) is 4.79 Å². The van der Waals surface area contributed by atoms with Crippen LogP contribution in [0.25, 0.3) is 10.8 Å². The van der Waals surface area contributed by atoms with E-state index in [1.165, 1.54) is 0 Å². The molecule has 0 spiro atoms. The Morgan fingerprint density at radius 2 is 1.94 bits per heavy atom. The summed E-state index contributed by atoms with van der Waals surface area (Å²) in [5.41, 5.74) is 0.887. The van der Waals surface area contributed by atoms with Crippen molar-refractivity contribution in [1.29, 1.82) is 0 Å². The average molecular weight is 244 g/mol. The summed E-state index contributed by atoms with van der Waals surface area (Å²) < 4.78 is 4.87. The van der Waals surface area contributed by atoms with Gasteiger partial charge in [0.1, 0.15) is 0 Å². The van der Waals surface area contributed by atoms with Gasteiger partial charge >= 0.3 is 0 Å². The standard InChI is InChI=1S/C15H16O3/c1-2-18-15(17)14(16)10-11-7-8-12-5-3-4-6-13(12)9-11/h3-9,15,17H,2,10H2,1H3. The van der Waals surface area contributed by atoms with Crippen molar-refractivity contribution in [3.63, 3.8) is 0 Å². The number of rotatable bonds is 5. The second-order valence-electron chi connectivity index (χ2n) is 4.13. The second-order valence-corrected chi connectivity index (χ2v) is 4.13. The van der Waals surface area contributed by atoms with E-state index in [-0.39, 0.29) is 12.2 Å². The van der Waals surface area contributed by atoms with E-state index in [0.29, 0.717) is 6.61 Å². The van der Waals surface area contributed by atoms with Crippen LogP contribution in [0.15, 0.2) is 42.5 Å². The first-order valence-corrected chi connectivity index (χ1v) is 6.00. The smallest absolute Gasteiger partial charge is 0.215 e. The Labute approximate surface area is 106 Å². The Morgan fingerprint density at radius 3 is 2.67 bits per heavy atom. The second kappa shape index (κ2) is 5.76. The van der Waals surface area contributed by atoms with Crippen LogP contribution in [0.3, 0.4) is 0 Å². The quantitative estimate of drug-likeness (QED) is 0.821. The number of aliphatic hydroxyl groups is 1. The highest BCUT2D eigenvalue weighted by Gasteiger charge is 2.15. The minimum Gasteiger partial charge on any atom is -0.362 e. The van der Waals surface area contributed by atoms with Gasteiger partial charge in [-0.1, -0.05) is 42.5 Å². The highest BCUT2D eigenvalue weighted by Crippen LogP contribution is 2.16. The van der Waals surface area contributed by atoms with Gasteiger partial charge in [-0.05, 0) is 23.3 Å². The zero-order chi connectivity index (χ0) is 13.0. The molecule has 0 fully saturated rings. The highest BCUT2D eigenvalue weighted by molar-refractivity contribution is 5.87. The number of Topliss-reactive ketones (excluding diaryl/α,β-unsaturated/α-hetero) is 1. The van der Waals surface area contributed by atoms with Gasteiger partial charge in [0.25, 0.3) is 0 Å². The van der Waals surface area contributed by atoms with E-state index in [1.54, 1.807) is 6.92 Å². The SMILES string of the molecule is CCOC(O)C(=O)Cc1ccc2ccccc2c1. The fourth-order valence-electron chi connectivity index (χ4n) is 1.89. The molecule has 0 aliphatic heterocycles. The van der Waals surface area contributed by atoms with Crippen molar-refractivity contribution in [2.45, 2.75) is 19.6 Å². The molecule has 0 aliphatic rings. The molecule has 0 aliphatic carbocycles. The molecule has 0 saturated heterocycles.